The van der Waals surface area contributed by atoms with Crippen molar-refractivity contribution in [1.82, 2.24) is 9.47 Å². The molecule has 0 amide bonds. The van der Waals surface area contributed by atoms with E-state index in [1.807, 2.05) is 54.8 Å². The zero-order chi connectivity index (χ0) is 15.6. The molecule has 1 atom stereocenters. The molecule has 0 saturated heterocycles. The average molecular weight is 290 g/mol. The van der Waals surface area contributed by atoms with Crippen molar-refractivity contribution in [2.45, 2.75) is 19.9 Å². The molecule has 0 bridgehead atoms. The Labute approximate surface area is 124 Å². The maximum absolute atomic E-state index is 11.8. The van der Waals surface area contributed by atoms with Gasteiger partial charge in [0.05, 0.1) is 7.11 Å². The monoisotopic (exact) mass is 290 g/mol. The van der Waals surface area contributed by atoms with E-state index in [1.54, 1.807) is 7.11 Å². The second-order valence-corrected chi connectivity index (χ2v) is 5.04. The van der Waals surface area contributed by atoms with Crippen LogP contribution in [0.1, 0.15) is 25.5 Å². The average Bonchev–Trinajstić information content (AvgIpc) is 2.80. The standard InChI is InChI=1S/C16H22N2O3/c1-5-18(6-2)15(16(19)20)13-10-17(3)14-8-7-11(21-4)9-12(13)14/h7-10,15H,5-6H2,1-4H3,(H,19,20). The van der Waals surface area contributed by atoms with Crippen LogP contribution in [0.4, 0.5) is 0 Å². The highest BCUT2D eigenvalue weighted by Crippen LogP contribution is 2.32. The number of aryl methyl sites for hydroxylation is 1. The molecular weight excluding hydrogens is 268 g/mol. The topological polar surface area (TPSA) is 54.7 Å². The minimum Gasteiger partial charge on any atom is -0.497 e. The molecule has 0 aliphatic heterocycles. The molecule has 0 saturated carbocycles. The van der Waals surface area contributed by atoms with Crippen molar-refractivity contribution in [3.8, 4) is 5.75 Å². The number of likely N-dealkylation sites (N-methyl/N-ethyl adjacent to an activating group) is 1. The number of aromatic nitrogens is 1. The number of hydrogen-bond acceptors (Lipinski definition) is 3. The fourth-order valence-corrected chi connectivity index (χ4v) is 2.82. The minimum absolute atomic E-state index is 0.643. The van der Waals surface area contributed by atoms with Crippen molar-refractivity contribution in [3.05, 3.63) is 30.0 Å². The Balaban J connectivity index is 2.64. The van der Waals surface area contributed by atoms with Crippen LogP contribution in [0.25, 0.3) is 10.9 Å². The Morgan fingerprint density at radius 1 is 1.38 bits per heavy atom. The number of aliphatic carboxylic acids is 1. The summed E-state index contributed by atoms with van der Waals surface area (Å²) in [5, 5.41) is 10.6. The van der Waals surface area contributed by atoms with E-state index in [9.17, 15) is 9.90 Å². The van der Waals surface area contributed by atoms with Crippen LogP contribution in [-0.4, -0.2) is 40.7 Å². The smallest absolute Gasteiger partial charge is 0.325 e. The maximum atomic E-state index is 11.8. The molecule has 0 aliphatic rings. The second kappa shape index (κ2) is 6.18. The van der Waals surface area contributed by atoms with Crippen LogP contribution in [0.3, 0.4) is 0 Å². The van der Waals surface area contributed by atoms with Crippen LogP contribution in [0.5, 0.6) is 5.75 Å². The van der Waals surface area contributed by atoms with Gasteiger partial charge in [-0.1, -0.05) is 13.8 Å². The highest BCUT2D eigenvalue weighted by molar-refractivity contribution is 5.90. The molecule has 114 valence electrons. The summed E-state index contributed by atoms with van der Waals surface area (Å²) in [4.78, 5) is 13.7. The number of rotatable bonds is 6. The summed E-state index contributed by atoms with van der Waals surface area (Å²) >= 11 is 0. The molecule has 21 heavy (non-hydrogen) atoms. The SMILES string of the molecule is CCN(CC)C(C(=O)O)c1cn(C)c2ccc(OC)cc12. The van der Waals surface area contributed by atoms with E-state index in [0.717, 1.165) is 22.2 Å². The first-order valence-electron chi connectivity index (χ1n) is 7.13. The molecule has 0 fully saturated rings. The third-order valence-corrected chi connectivity index (χ3v) is 3.93. The summed E-state index contributed by atoms with van der Waals surface area (Å²) in [6.07, 6.45) is 1.90. The van der Waals surface area contributed by atoms with Gasteiger partial charge in [-0.25, -0.2) is 0 Å². The predicted molar refractivity (Wildman–Crippen MR) is 82.8 cm³/mol. The zero-order valence-electron chi connectivity index (χ0n) is 13.0. The Bertz CT molecular complexity index is 644. The normalized spacial score (nSPS) is 12.8. The van der Waals surface area contributed by atoms with Gasteiger partial charge in [-0.3, -0.25) is 9.69 Å². The van der Waals surface area contributed by atoms with Gasteiger partial charge in [0, 0.05) is 29.7 Å². The van der Waals surface area contributed by atoms with E-state index in [-0.39, 0.29) is 0 Å². The van der Waals surface area contributed by atoms with Crippen molar-refractivity contribution in [2.24, 2.45) is 7.05 Å². The molecule has 5 nitrogen and oxygen atoms in total. The third-order valence-electron chi connectivity index (χ3n) is 3.93. The lowest BCUT2D eigenvalue weighted by Crippen LogP contribution is -2.33. The fraction of sp³-hybridized carbons (Fsp3) is 0.438. The van der Waals surface area contributed by atoms with Gasteiger partial charge >= 0.3 is 5.97 Å². The van der Waals surface area contributed by atoms with Crippen LogP contribution in [0, 0.1) is 0 Å². The highest BCUT2D eigenvalue weighted by Gasteiger charge is 2.28. The Hall–Kier alpha value is -2.01. The second-order valence-electron chi connectivity index (χ2n) is 5.04. The zero-order valence-corrected chi connectivity index (χ0v) is 13.0. The largest absolute Gasteiger partial charge is 0.497 e. The lowest BCUT2D eigenvalue weighted by atomic mass is 10.0. The number of nitrogens with zero attached hydrogens (tertiary/aromatic N) is 2. The Morgan fingerprint density at radius 2 is 2.05 bits per heavy atom. The first kappa shape index (κ1) is 15.4. The molecule has 5 heteroatoms. The number of fused-ring (bicyclic) bond motifs is 1. The predicted octanol–water partition coefficient (Wildman–Crippen LogP) is 2.65. The van der Waals surface area contributed by atoms with Crippen LogP contribution < -0.4 is 4.74 Å². The number of carboxylic acids is 1. The lowest BCUT2D eigenvalue weighted by Gasteiger charge is -2.26. The molecule has 1 aromatic carbocycles. The summed E-state index contributed by atoms with van der Waals surface area (Å²) in [5.41, 5.74) is 1.81. The fourth-order valence-electron chi connectivity index (χ4n) is 2.82. The van der Waals surface area contributed by atoms with E-state index in [4.69, 9.17) is 4.74 Å². The summed E-state index contributed by atoms with van der Waals surface area (Å²) in [7, 11) is 3.54. The molecule has 1 N–H and O–H groups in total. The maximum Gasteiger partial charge on any atom is 0.325 e. The van der Waals surface area contributed by atoms with E-state index in [1.165, 1.54) is 0 Å². The Morgan fingerprint density at radius 3 is 2.57 bits per heavy atom. The van der Waals surface area contributed by atoms with Gasteiger partial charge in [-0.2, -0.15) is 0 Å². The molecule has 0 aliphatic carbocycles. The summed E-state index contributed by atoms with van der Waals surface area (Å²) < 4.78 is 7.23. The first-order valence-corrected chi connectivity index (χ1v) is 7.13. The number of hydrogen-bond donors (Lipinski definition) is 1. The number of carboxylic acid groups (broad SMARTS) is 1. The first-order chi connectivity index (χ1) is 10.0. The molecule has 0 spiro atoms. The van der Waals surface area contributed by atoms with Gasteiger partial charge in [0.2, 0.25) is 0 Å². The van der Waals surface area contributed by atoms with Crippen LogP contribution >= 0.6 is 0 Å². The van der Waals surface area contributed by atoms with Gasteiger partial charge in [-0.05, 0) is 31.3 Å². The van der Waals surface area contributed by atoms with Gasteiger partial charge in [-0.15, -0.1) is 0 Å². The van der Waals surface area contributed by atoms with E-state index < -0.39 is 12.0 Å². The lowest BCUT2D eigenvalue weighted by molar-refractivity contribution is -0.143. The Kier molecular flexibility index (Phi) is 4.53. The number of ether oxygens (including phenoxy) is 1. The van der Waals surface area contributed by atoms with Crippen LogP contribution in [-0.2, 0) is 11.8 Å². The summed E-state index contributed by atoms with van der Waals surface area (Å²) in [6.45, 7) is 5.33. The van der Waals surface area contributed by atoms with E-state index in [2.05, 4.69) is 0 Å². The minimum atomic E-state index is -0.825. The van der Waals surface area contributed by atoms with Crippen LogP contribution in [0.15, 0.2) is 24.4 Å². The molecule has 1 heterocycles. The summed E-state index contributed by atoms with van der Waals surface area (Å²) in [6, 6.07) is 5.11. The molecule has 1 unspecified atom stereocenters. The van der Waals surface area contributed by atoms with Crippen LogP contribution in [0.2, 0.25) is 0 Å². The summed E-state index contributed by atoms with van der Waals surface area (Å²) in [5.74, 6) is -0.0901. The van der Waals surface area contributed by atoms with Gasteiger partial charge in [0.1, 0.15) is 11.8 Å². The highest BCUT2D eigenvalue weighted by atomic mass is 16.5. The molecule has 0 radical (unpaired) electrons. The molecule has 2 aromatic rings. The van der Waals surface area contributed by atoms with Crippen molar-refractivity contribution < 1.29 is 14.6 Å². The number of methoxy groups -OCH3 is 1. The van der Waals surface area contributed by atoms with Crippen molar-refractivity contribution >= 4 is 16.9 Å². The third kappa shape index (κ3) is 2.74. The molecule has 2 rings (SSSR count). The van der Waals surface area contributed by atoms with Gasteiger partial charge in [0.15, 0.2) is 0 Å². The van der Waals surface area contributed by atoms with Gasteiger partial charge < -0.3 is 14.4 Å². The van der Waals surface area contributed by atoms with Crippen molar-refractivity contribution in [2.75, 3.05) is 20.2 Å². The van der Waals surface area contributed by atoms with Crippen molar-refractivity contribution in [3.63, 3.8) is 0 Å². The van der Waals surface area contributed by atoms with E-state index in [0.29, 0.717) is 13.1 Å². The molecular formula is C16H22N2O3. The quantitative estimate of drug-likeness (QED) is 0.888. The van der Waals surface area contributed by atoms with Crippen molar-refractivity contribution in [1.29, 1.82) is 0 Å². The van der Waals surface area contributed by atoms with E-state index >= 15 is 0 Å². The molecule has 1 aromatic heterocycles. The number of carbonyl (C=O) groups is 1. The number of benzene rings is 1. The van der Waals surface area contributed by atoms with Gasteiger partial charge in [0.25, 0.3) is 0 Å².